The molecule has 5 rings (SSSR count). The molecule has 30 heavy (non-hydrogen) atoms. The van der Waals surface area contributed by atoms with Crippen molar-refractivity contribution >= 4 is 11.6 Å². The van der Waals surface area contributed by atoms with E-state index in [1.54, 1.807) is 17.1 Å². The van der Waals surface area contributed by atoms with Crippen LogP contribution in [0.15, 0.2) is 48.8 Å². The summed E-state index contributed by atoms with van der Waals surface area (Å²) in [5, 5.41) is 8.92. The molecule has 2 aromatic heterocycles. The smallest absolute Gasteiger partial charge is 0.228 e. The maximum absolute atomic E-state index is 13.7. The molecule has 0 radical (unpaired) electrons. The monoisotopic (exact) mass is 407 g/mol. The van der Waals surface area contributed by atoms with E-state index >= 15 is 0 Å². The molecule has 0 amide bonds. The zero-order valence-electron chi connectivity index (χ0n) is 16.3. The van der Waals surface area contributed by atoms with Crippen LogP contribution in [0.5, 0.6) is 0 Å². The lowest BCUT2D eigenvalue weighted by atomic mass is 10.1. The summed E-state index contributed by atoms with van der Waals surface area (Å²) in [5.41, 5.74) is 2.57. The van der Waals surface area contributed by atoms with E-state index in [0.717, 1.165) is 36.1 Å². The molecule has 0 unspecified atom stereocenters. The first-order valence-electron chi connectivity index (χ1n) is 9.71. The quantitative estimate of drug-likeness (QED) is 0.517. The van der Waals surface area contributed by atoms with E-state index in [2.05, 4.69) is 20.2 Å². The Kier molecular flexibility index (Phi) is 4.50. The number of fused-ring (bicyclic) bond motifs is 1. The Hall–Kier alpha value is -3.62. The molecule has 9 heteroatoms. The first-order valence-corrected chi connectivity index (χ1v) is 9.71. The van der Waals surface area contributed by atoms with E-state index in [1.165, 1.54) is 6.07 Å². The standard InChI is InChI=1S/C21H19F2N7/c1-14-24-13-30(26-14)16-5-3-15(4-6-16)11-20-25-21-28(9-2-10-29(21)27-20)17-7-8-18(22)19(23)12-17/h3-8,12-13H,2,9-11H2,1H3. The fourth-order valence-electron chi connectivity index (χ4n) is 3.60. The van der Waals surface area contributed by atoms with Gasteiger partial charge in [-0.15, -0.1) is 0 Å². The molecule has 0 saturated heterocycles. The molecule has 4 aromatic rings. The summed E-state index contributed by atoms with van der Waals surface area (Å²) in [5.74, 6) is 0.327. The van der Waals surface area contributed by atoms with Crippen molar-refractivity contribution < 1.29 is 8.78 Å². The van der Waals surface area contributed by atoms with Crippen LogP contribution in [0.1, 0.15) is 23.6 Å². The molecule has 1 aliphatic rings. The van der Waals surface area contributed by atoms with E-state index in [4.69, 9.17) is 0 Å². The second-order valence-corrected chi connectivity index (χ2v) is 7.23. The maximum atomic E-state index is 13.7. The molecule has 3 heterocycles. The van der Waals surface area contributed by atoms with Crippen LogP contribution in [0, 0.1) is 18.6 Å². The summed E-state index contributed by atoms with van der Waals surface area (Å²) in [6, 6.07) is 11.9. The number of benzene rings is 2. The average Bonchev–Trinajstić information content (AvgIpc) is 3.36. The summed E-state index contributed by atoms with van der Waals surface area (Å²) in [6.07, 6.45) is 3.10. The Morgan fingerprint density at radius 3 is 2.47 bits per heavy atom. The zero-order valence-corrected chi connectivity index (χ0v) is 16.3. The Labute approximate surface area is 171 Å². The summed E-state index contributed by atoms with van der Waals surface area (Å²) in [7, 11) is 0. The van der Waals surface area contributed by atoms with Gasteiger partial charge in [0.15, 0.2) is 17.5 Å². The zero-order chi connectivity index (χ0) is 20.7. The van der Waals surface area contributed by atoms with Gasteiger partial charge in [-0.3, -0.25) is 0 Å². The third-order valence-electron chi connectivity index (χ3n) is 5.07. The molecule has 0 fully saturated rings. The molecule has 0 N–H and O–H groups in total. The number of hydrogen-bond donors (Lipinski definition) is 0. The predicted octanol–water partition coefficient (Wildman–Crippen LogP) is 3.58. The summed E-state index contributed by atoms with van der Waals surface area (Å²) >= 11 is 0. The van der Waals surface area contributed by atoms with Gasteiger partial charge in [-0.05, 0) is 43.2 Å². The molecule has 1 aliphatic heterocycles. The minimum atomic E-state index is -0.868. The highest BCUT2D eigenvalue weighted by atomic mass is 19.2. The van der Waals surface area contributed by atoms with Crippen LogP contribution in [0.2, 0.25) is 0 Å². The largest absolute Gasteiger partial charge is 0.311 e. The number of halogens is 2. The first-order chi connectivity index (χ1) is 14.6. The van der Waals surface area contributed by atoms with Crippen molar-refractivity contribution in [2.75, 3.05) is 11.4 Å². The molecule has 152 valence electrons. The van der Waals surface area contributed by atoms with Crippen molar-refractivity contribution in [3.05, 3.63) is 77.6 Å². The fourth-order valence-corrected chi connectivity index (χ4v) is 3.60. The molecule has 0 atom stereocenters. The van der Waals surface area contributed by atoms with E-state index < -0.39 is 11.6 Å². The molecule has 0 aliphatic carbocycles. The number of aromatic nitrogens is 6. The predicted molar refractivity (Wildman–Crippen MR) is 107 cm³/mol. The molecule has 2 aromatic carbocycles. The average molecular weight is 407 g/mol. The highest BCUT2D eigenvalue weighted by Gasteiger charge is 2.23. The van der Waals surface area contributed by atoms with Gasteiger partial charge in [-0.25, -0.2) is 23.1 Å². The highest BCUT2D eigenvalue weighted by molar-refractivity contribution is 5.58. The Morgan fingerprint density at radius 1 is 0.933 bits per heavy atom. The van der Waals surface area contributed by atoms with E-state index in [1.807, 2.05) is 40.8 Å². The van der Waals surface area contributed by atoms with Crippen molar-refractivity contribution in [3.8, 4) is 5.69 Å². The summed E-state index contributed by atoms with van der Waals surface area (Å²) in [6.45, 7) is 3.27. The van der Waals surface area contributed by atoms with Crippen LogP contribution in [-0.4, -0.2) is 36.1 Å². The molecular formula is C21H19F2N7. The van der Waals surface area contributed by atoms with Gasteiger partial charge in [0, 0.05) is 31.3 Å². The van der Waals surface area contributed by atoms with Crippen molar-refractivity contribution in [1.29, 1.82) is 0 Å². The van der Waals surface area contributed by atoms with Crippen LogP contribution < -0.4 is 4.90 Å². The third kappa shape index (κ3) is 3.42. The van der Waals surface area contributed by atoms with Crippen molar-refractivity contribution in [2.45, 2.75) is 26.3 Å². The van der Waals surface area contributed by atoms with Gasteiger partial charge in [0.2, 0.25) is 5.95 Å². The van der Waals surface area contributed by atoms with Crippen molar-refractivity contribution in [1.82, 2.24) is 29.5 Å². The molecule has 0 saturated carbocycles. The van der Waals surface area contributed by atoms with Gasteiger partial charge in [0.05, 0.1) is 5.69 Å². The van der Waals surface area contributed by atoms with Gasteiger partial charge in [-0.1, -0.05) is 12.1 Å². The minimum absolute atomic E-state index is 0.571. The Morgan fingerprint density at radius 2 is 1.73 bits per heavy atom. The van der Waals surface area contributed by atoms with Crippen molar-refractivity contribution in [2.24, 2.45) is 0 Å². The topological polar surface area (TPSA) is 64.7 Å². The molecule has 0 bridgehead atoms. The number of hydrogen-bond acceptors (Lipinski definition) is 5. The van der Waals surface area contributed by atoms with Crippen LogP contribution >= 0.6 is 0 Å². The van der Waals surface area contributed by atoms with Gasteiger partial charge in [0.25, 0.3) is 0 Å². The molecule has 7 nitrogen and oxygen atoms in total. The van der Waals surface area contributed by atoms with E-state index in [0.29, 0.717) is 30.4 Å². The normalized spacial score (nSPS) is 13.5. The lowest BCUT2D eigenvalue weighted by Crippen LogP contribution is -2.28. The number of nitrogens with zero attached hydrogens (tertiary/aromatic N) is 7. The lowest BCUT2D eigenvalue weighted by Gasteiger charge is -2.27. The Bertz CT molecular complexity index is 1200. The maximum Gasteiger partial charge on any atom is 0.228 e. The first kappa shape index (κ1) is 18.4. The number of anilines is 2. The van der Waals surface area contributed by atoms with E-state index in [9.17, 15) is 8.78 Å². The summed E-state index contributed by atoms with van der Waals surface area (Å²) in [4.78, 5) is 10.7. The van der Waals surface area contributed by atoms with Gasteiger partial charge in [0.1, 0.15) is 12.2 Å². The van der Waals surface area contributed by atoms with Gasteiger partial charge < -0.3 is 4.90 Å². The SMILES string of the molecule is Cc1ncn(-c2ccc(Cc3nc4n(n3)CCCN4c3ccc(F)c(F)c3)cc2)n1. The number of aryl methyl sites for hydroxylation is 2. The van der Waals surface area contributed by atoms with E-state index in [-0.39, 0.29) is 0 Å². The van der Waals surface area contributed by atoms with Crippen LogP contribution in [0.25, 0.3) is 5.69 Å². The van der Waals surface area contributed by atoms with Gasteiger partial charge in [-0.2, -0.15) is 15.2 Å². The Balaban J connectivity index is 1.38. The fraction of sp³-hybridized carbons (Fsp3) is 0.238. The van der Waals surface area contributed by atoms with Crippen LogP contribution in [0.3, 0.4) is 0 Å². The molecular weight excluding hydrogens is 388 g/mol. The molecule has 0 spiro atoms. The van der Waals surface area contributed by atoms with Crippen LogP contribution in [-0.2, 0) is 13.0 Å². The number of rotatable bonds is 4. The van der Waals surface area contributed by atoms with Gasteiger partial charge >= 0.3 is 0 Å². The minimum Gasteiger partial charge on any atom is -0.311 e. The van der Waals surface area contributed by atoms with Crippen molar-refractivity contribution in [3.63, 3.8) is 0 Å². The third-order valence-corrected chi connectivity index (χ3v) is 5.07. The lowest BCUT2D eigenvalue weighted by molar-refractivity contribution is 0.506. The van der Waals surface area contributed by atoms with Crippen LogP contribution in [0.4, 0.5) is 20.4 Å². The second-order valence-electron chi connectivity index (χ2n) is 7.23. The summed E-state index contributed by atoms with van der Waals surface area (Å²) < 4.78 is 30.6. The second kappa shape index (κ2) is 7.33. The highest BCUT2D eigenvalue weighted by Crippen LogP contribution is 2.29.